The van der Waals surface area contributed by atoms with E-state index in [1.54, 1.807) is 17.0 Å². The van der Waals surface area contributed by atoms with Crippen molar-refractivity contribution in [3.05, 3.63) is 81.5 Å². The van der Waals surface area contributed by atoms with Gasteiger partial charge in [0.1, 0.15) is 11.4 Å². The van der Waals surface area contributed by atoms with Crippen LogP contribution in [0.25, 0.3) is 5.65 Å². The molecule has 1 aliphatic heterocycles. The highest BCUT2D eigenvalue weighted by atomic mass is 35.5. The van der Waals surface area contributed by atoms with Crippen LogP contribution in [-0.4, -0.2) is 59.9 Å². The summed E-state index contributed by atoms with van der Waals surface area (Å²) >= 11 is 6.20. The summed E-state index contributed by atoms with van der Waals surface area (Å²) in [5.41, 5.74) is 4.24. The Labute approximate surface area is 237 Å². The number of likely N-dealkylation sites (tertiary alicyclic amines) is 1. The maximum Gasteiger partial charge on any atom is 0.410 e. The van der Waals surface area contributed by atoms with Crippen LogP contribution >= 0.6 is 11.6 Å². The van der Waals surface area contributed by atoms with Crippen LogP contribution in [0.3, 0.4) is 0 Å². The number of pyridine rings is 1. The number of anilines is 1. The number of carboxylic acid groups (broad SMARTS) is 1. The average molecular weight is 565 g/mol. The fourth-order valence-electron chi connectivity index (χ4n) is 5.19. The van der Waals surface area contributed by atoms with Crippen molar-refractivity contribution in [1.82, 2.24) is 24.1 Å². The first-order valence-corrected chi connectivity index (χ1v) is 13.4. The van der Waals surface area contributed by atoms with Crippen LogP contribution in [0.1, 0.15) is 71.3 Å². The molecule has 40 heavy (non-hydrogen) atoms. The minimum absolute atomic E-state index is 0.122. The van der Waals surface area contributed by atoms with Gasteiger partial charge in [-0.3, -0.25) is 4.40 Å². The molecular weight excluding hydrogens is 532 g/mol. The number of nitrogens with zero attached hydrogens (tertiary/aromatic N) is 5. The number of hydrogen-bond donors (Lipinski definition) is 2. The Morgan fingerprint density at radius 2 is 1.80 bits per heavy atom. The fraction of sp³-hybridized carbons (Fsp3) is 0.379. The number of benzene rings is 1. The summed E-state index contributed by atoms with van der Waals surface area (Å²) < 4.78 is 9.25. The smallest absolute Gasteiger partial charge is 0.410 e. The molecule has 11 heteroatoms. The highest BCUT2D eigenvalue weighted by Gasteiger charge is 2.39. The number of aromatic carboxylic acids is 1. The number of hydrogen-bond acceptors (Lipinski definition) is 6. The number of aryl methyl sites for hydroxylation is 3. The summed E-state index contributed by atoms with van der Waals surface area (Å²) in [5, 5.41) is 23.1. The lowest BCUT2D eigenvalue weighted by Crippen LogP contribution is -2.50. The maximum absolute atomic E-state index is 12.8. The van der Waals surface area contributed by atoms with Gasteiger partial charge in [-0.05, 0) is 69.5 Å². The van der Waals surface area contributed by atoms with E-state index >= 15 is 0 Å². The van der Waals surface area contributed by atoms with E-state index < -0.39 is 23.7 Å². The lowest BCUT2D eigenvalue weighted by Gasteiger charge is -2.39. The molecule has 4 aromatic rings. The first-order chi connectivity index (χ1) is 18.8. The molecule has 0 bridgehead atoms. The Morgan fingerprint density at radius 3 is 2.42 bits per heavy atom. The summed E-state index contributed by atoms with van der Waals surface area (Å²) in [4.78, 5) is 26.9. The van der Waals surface area contributed by atoms with Crippen LogP contribution in [0, 0.1) is 13.8 Å². The third-order valence-corrected chi connectivity index (χ3v) is 7.34. The fourth-order valence-corrected chi connectivity index (χ4v) is 5.31. The Morgan fingerprint density at radius 1 is 1.12 bits per heavy atom. The monoisotopic (exact) mass is 564 g/mol. The van der Waals surface area contributed by atoms with Crippen LogP contribution in [-0.2, 0) is 11.8 Å². The molecule has 0 saturated carbocycles. The first kappa shape index (κ1) is 27.5. The highest BCUT2D eigenvalue weighted by molar-refractivity contribution is 6.30. The number of carbonyl (C=O) groups excluding carboxylic acids is 1. The molecule has 1 saturated heterocycles. The van der Waals surface area contributed by atoms with E-state index in [-0.39, 0.29) is 11.5 Å². The molecule has 2 N–H and O–H groups in total. The number of rotatable bonds is 6. The van der Waals surface area contributed by atoms with E-state index in [1.807, 2.05) is 81.2 Å². The second-order valence-electron chi connectivity index (χ2n) is 11.3. The van der Waals surface area contributed by atoms with Gasteiger partial charge in [-0.25, -0.2) is 9.59 Å². The summed E-state index contributed by atoms with van der Waals surface area (Å²) in [5.74, 6) is -0.400. The van der Waals surface area contributed by atoms with E-state index in [4.69, 9.17) is 16.3 Å². The van der Waals surface area contributed by atoms with Gasteiger partial charge in [0.15, 0.2) is 5.65 Å². The second kappa shape index (κ2) is 10.2. The van der Waals surface area contributed by atoms with Gasteiger partial charge in [0.2, 0.25) is 0 Å². The minimum Gasteiger partial charge on any atom is -0.478 e. The van der Waals surface area contributed by atoms with Crippen LogP contribution in [0.2, 0.25) is 5.02 Å². The molecule has 0 aliphatic carbocycles. The first-order valence-electron chi connectivity index (χ1n) is 13.1. The number of fused-ring (bicyclic) bond motifs is 1. The number of carbonyl (C=O) groups is 2. The molecule has 1 fully saturated rings. The van der Waals surface area contributed by atoms with Gasteiger partial charge in [0.25, 0.3) is 0 Å². The summed E-state index contributed by atoms with van der Waals surface area (Å²) in [7, 11) is 1.85. The molecule has 1 amide bonds. The molecule has 3 aromatic heterocycles. The Kier molecular flexibility index (Phi) is 6.99. The van der Waals surface area contributed by atoms with Crippen molar-refractivity contribution in [3.63, 3.8) is 0 Å². The van der Waals surface area contributed by atoms with Gasteiger partial charge in [-0.1, -0.05) is 23.7 Å². The second-order valence-corrected chi connectivity index (χ2v) is 11.8. The van der Waals surface area contributed by atoms with Crippen molar-refractivity contribution in [2.24, 2.45) is 7.05 Å². The van der Waals surface area contributed by atoms with E-state index in [2.05, 4.69) is 15.5 Å². The van der Waals surface area contributed by atoms with Crippen LogP contribution in [0.5, 0.6) is 0 Å². The van der Waals surface area contributed by atoms with Gasteiger partial charge in [0.05, 0.1) is 23.0 Å². The van der Waals surface area contributed by atoms with Crippen molar-refractivity contribution in [2.75, 3.05) is 18.4 Å². The third kappa shape index (κ3) is 5.23. The Hall–Kier alpha value is -4.05. The predicted octanol–water partition coefficient (Wildman–Crippen LogP) is 5.57. The zero-order valence-corrected chi connectivity index (χ0v) is 24.2. The van der Waals surface area contributed by atoms with Gasteiger partial charge < -0.3 is 24.6 Å². The molecule has 10 nitrogen and oxygen atoms in total. The molecule has 1 aromatic carbocycles. The summed E-state index contributed by atoms with van der Waals surface area (Å²) in [6, 6.07) is 8.82. The molecule has 0 radical (unpaired) electrons. The molecule has 5 rings (SSSR count). The van der Waals surface area contributed by atoms with E-state index in [0.29, 0.717) is 29.4 Å². The highest BCUT2D eigenvalue weighted by Crippen LogP contribution is 2.38. The molecule has 1 unspecified atom stereocenters. The van der Waals surface area contributed by atoms with E-state index in [0.717, 1.165) is 28.3 Å². The molecule has 210 valence electrons. The predicted molar refractivity (Wildman–Crippen MR) is 152 cm³/mol. The van der Waals surface area contributed by atoms with Crippen LogP contribution in [0.4, 0.5) is 10.5 Å². The van der Waals surface area contributed by atoms with E-state index in [1.165, 1.54) is 0 Å². The Bertz CT molecular complexity index is 1600. The van der Waals surface area contributed by atoms with Crippen molar-refractivity contribution in [2.45, 2.75) is 52.2 Å². The standard InChI is InChI=1S/C29H33ClN6O4/c1-16-11-21(14-36-17(2)32-33-26(16)36)31-24(18-7-9-20(30)10-8-18)25-23(27(37)38)22(15-34(25)6)19-12-35(13-19)28(39)40-29(3,4)5/h7-11,14-15,19,24,31H,12-13H2,1-6H3,(H,37,38). The third-order valence-electron chi connectivity index (χ3n) is 7.09. The van der Waals surface area contributed by atoms with Gasteiger partial charge in [-0.2, -0.15) is 0 Å². The summed E-state index contributed by atoms with van der Waals surface area (Å²) in [6.07, 6.45) is 3.38. The van der Waals surface area contributed by atoms with Crippen molar-refractivity contribution >= 4 is 35.0 Å². The molecular formula is C29H33ClN6O4. The Balaban J connectivity index is 1.54. The van der Waals surface area contributed by atoms with Gasteiger partial charge >= 0.3 is 12.1 Å². The van der Waals surface area contributed by atoms with Crippen molar-refractivity contribution in [1.29, 1.82) is 0 Å². The lowest BCUT2D eigenvalue weighted by atomic mass is 9.88. The van der Waals surface area contributed by atoms with Crippen LogP contribution in [0.15, 0.2) is 42.7 Å². The molecule has 4 heterocycles. The number of nitrogens with one attached hydrogen (secondary N) is 1. The van der Waals surface area contributed by atoms with Crippen molar-refractivity contribution < 1.29 is 19.4 Å². The quantitative estimate of drug-likeness (QED) is 0.314. The SMILES string of the molecule is Cc1cc(NC(c2ccc(Cl)cc2)c2c(C(=O)O)c(C3CN(C(=O)OC(C)(C)C)C3)cn2C)cn2c(C)nnc12. The average Bonchev–Trinajstić information content (AvgIpc) is 3.36. The normalized spacial score (nSPS) is 14.7. The zero-order chi connectivity index (χ0) is 28.9. The minimum atomic E-state index is -1.02. The maximum atomic E-state index is 12.8. The van der Waals surface area contributed by atoms with Crippen LogP contribution < -0.4 is 5.32 Å². The molecule has 0 spiro atoms. The van der Waals surface area contributed by atoms with E-state index in [9.17, 15) is 14.7 Å². The van der Waals surface area contributed by atoms with Gasteiger partial charge in [-0.15, -0.1) is 10.2 Å². The zero-order valence-electron chi connectivity index (χ0n) is 23.4. The largest absolute Gasteiger partial charge is 0.478 e. The topological polar surface area (TPSA) is 114 Å². The number of carboxylic acids is 1. The number of halogens is 1. The number of ether oxygens (including phenoxy) is 1. The van der Waals surface area contributed by atoms with Crippen molar-refractivity contribution in [3.8, 4) is 0 Å². The van der Waals surface area contributed by atoms with Gasteiger partial charge in [0, 0.05) is 43.5 Å². The molecule has 1 atom stereocenters. The number of aromatic nitrogens is 4. The lowest BCUT2D eigenvalue weighted by molar-refractivity contribution is 0.00815. The number of amides is 1. The molecule has 1 aliphatic rings. The summed E-state index contributed by atoms with van der Waals surface area (Å²) in [6.45, 7) is 10.1.